The van der Waals surface area contributed by atoms with Gasteiger partial charge in [0.2, 0.25) is 0 Å². The molecule has 106 valence electrons. The molecule has 0 atom stereocenters. The van der Waals surface area contributed by atoms with Gasteiger partial charge in [-0.25, -0.2) is 4.79 Å². The Kier molecular flexibility index (Phi) is 4.52. The number of halogens is 3. The number of nitrogens with zero attached hydrogens (tertiary/aromatic N) is 2. The van der Waals surface area contributed by atoms with Gasteiger partial charge < -0.3 is 9.84 Å². The number of carbonyl (C=O) groups excluding carboxylic acids is 1. The highest BCUT2D eigenvalue weighted by atomic mass is 79.9. The summed E-state index contributed by atoms with van der Waals surface area (Å²) in [6.45, 7) is 1.87. The Bertz CT molecular complexity index is 675. The van der Waals surface area contributed by atoms with Crippen LogP contribution in [0.3, 0.4) is 0 Å². The Morgan fingerprint density at radius 1 is 1.45 bits per heavy atom. The molecule has 0 saturated heterocycles. The highest BCUT2D eigenvalue weighted by molar-refractivity contribution is 9.10. The maximum Gasteiger partial charge on any atom is 0.361 e. The minimum Gasteiger partial charge on any atom is -0.506 e. The molecule has 0 aliphatic rings. The molecule has 20 heavy (non-hydrogen) atoms. The van der Waals surface area contributed by atoms with Crippen LogP contribution < -0.4 is 0 Å². The third kappa shape index (κ3) is 2.61. The van der Waals surface area contributed by atoms with Crippen LogP contribution in [0, 0.1) is 0 Å². The average Bonchev–Trinajstić information content (AvgIpc) is 2.90. The van der Waals surface area contributed by atoms with E-state index < -0.39 is 5.97 Å². The molecule has 0 bridgehead atoms. The topological polar surface area (TPSA) is 88.1 Å². The van der Waals surface area contributed by atoms with Gasteiger partial charge in [-0.3, -0.25) is 0 Å². The molecule has 1 heterocycles. The summed E-state index contributed by atoms with van der Waals surface area (Å²) in [7, 11) is 0. The molecule has 2 aromatic rings. The second-order valence-corrected chi connectivity index (χ2v) is 5.23. The normalized spacial score (nSPS) is 10.6. The number of H-pyrrole nitrogens is 1. The zero-order chi connectivity index (χ0) is 14.9. The fourth-order valence-electron chi connectivity index (χ4n) is 1.53. The number of benzene rings is 1. The van der Waals surface area contributed by atoms with Gasteiger partial charge in [0.1, 0.15) is 16.5 Å². The van der Waals surface area contributed by atoms with E-state index in [0.717, 1.165) is 0 Å². The second kappa shape index (κ2) is 5.99. The van der Waals surface area contributed by atoms with Gasteiger partial charge in [-0.05, 0) is 28.9 Å². The Morgan fingerprint density at radius 3 is 2.80 bits per heavy atom. The van der Waals surface area contributed by atoms with Crippen LogP contribution in [0.2, 0.25) is 10.0 Å². The van der Waals surface area contributed by atoms with Crippen LogP contribution in [0.5, 0.6) is 5.75 Å². The van der Waals surface area contributed by atoms with Gasteiger partial charge in [-0.15, -0.1) is 5.10 Å². The predicted octanol–water partition coefficient (Wildman–Crippen LogP) is 3.42. The zero-order valence-corrected chi connectivity index (χ0v) is 13.2. The highest BCUT2D eigenvalue weighted by Gasteiger charge is 2.24. The van der Waals surface area contributed by atoms with Crippen LogP contribution in [0.25, 0.3) is 11.3 Å². The van der Waals surface area contributed by atoms with Crippen molar-refractivity contribution in [1.82, 2.24) is 15.4 Å². The fraction of sp³-hybridized carbons (Fsp3) is 0.182. The van der Waals surface area contributed by atoms with Crippen molar-refractivity contribution in [3.8, 4) is 17.0 Å². The van der Waals surface area contributed by atoms with E-state index in [-0.39, 0.29) is 39.4 Å². The number of hydrogen-bond acceptors (Lipinski definition) is 5. The van der Waals surface area contributed by atoms with Gasteiger partial charge in [0.05, 0.1) is 11.6 Å². The second-order valence-electron chi connectivity index (χ2n) is 3.62. The van der Waals surface area contributed by atoms with E-state index in [1.807, 2.05) is 0 Å². The fourth-order valence-corrected chi connectivity index (χ4v) is 2.42. The number of phenols is 1. The van der Waals surface area contributed by atoms with Crippen LogP contribution >= 0.6 is 39.1 Å². The van der Waals surface area contributed by atoms with Crippen molar-refractivity contribution in [3.63, 3.8) is 0 Å². The Balaban J connectivity index is 2.59. The molecule has 0 amide bonds. The molecular formula is C11H8BrCl2N3O3. The van der Waals surface area contributed by atoms with Crippen molar-refractivity contribution >= 4 is 45.1 Å². The van der Waals surface area contributed by atoms with Gasteiger partial charge >= 0.3 is 5.97 Å². The quantitative estimate of drug-likeness (QED) is 0.629. The van der Waals surface area contributed by atoms with Gasteiger partial charge in [-0.2, -0.15) is 10.3 Å². The number of nitrogens with one attached hydrogen (secondary N) is 1. The first-order chi connectivity index (χ1) is 9.47. The molecule has 6 nitrogen and oxygen atoms in total. The molecule has 1 aromatic carbocycles. The van der Waals surface area contributed by atoms with E-state index in [2.05, 4.69) is 31.3 Å². The smallest absolute Gasteiger partial charge is 0.361 e. The van der Waals surface area contributed by atoms with Crippen molar-refractivity contribution in [2.75, 3.05) is 6.61 Å². The van der Waals surface area contributed by atoms with Crippen molar-refractivity contribution in [3.05, 3.63) is 26.3 Å². The summed E-state index contributed by atoms with van der Waals surface area (Å²) >= 11 is 15.0. The summed E-state index contributed by atoms with van der Waals surface area (Å²) in [5.41, 5.74) is 0.288. The van der Waals surface area contributed by atoms with E-state index in [0.29, 0.717) is 4.47 Å². The van der Waals surface area contributed by atoms with Crippen molar-refractivity contribution in [2.45, 2.75) is 6.92 Å². The standard InChI is InChI=1S/C11H8BrCl2N3O3/c1-2-20-11(19)9-8(15-17-16-9)4-3-5(12)6(13)7(14)10(4)18/h3,18H,2H2,1H3,(H,15,16,17). The SMILES string of the molecule is CCOC(=O)c1n[nH]nc1-c1cc(Br)c(Cl)c(Cl)c1O. The largest absolute Gasteiger partial charge is 0.506 e. The molecule has 1 aromatic heterocycles. The van der Waals surface area contributed by atoms with Crippen molar-refractivity contribution < 1.29 is 14.6 Å². The molecular weight excluding hydrogens is 373 g/mol. The molecule has 0 unspecified atom stereocenters. The highest BCUT2D eigenvalue weighted by Crippen LogP contribution is 2.43. The first-order valence-electron chi connectivity index (χ1n) is 5.42. The minimum absolute atomic E-state index is 0.0474. The molecule has 0 radical (unpaired) electrons. The summed E-state index contributed by atoms with van der Waals surface area (Å²) in [6, 6.07) is 1.49. The number of ether oxygens (including phenoxy) is 1. The summed E-state index contributed by atoms with van der Waals surface area (Å²) in [6.07, 6.45) is 0. The number of esters is 1. The molecule has 0 aliphatic heterocycles. The number of carbonyl (C=O) groups is 1. The van der Waals surface area contributed by atoms with E-state index in [1.165, 1.54) is 6.07 Å². The van der Waals surface area contributed by atoms with Gasteiger partial charge in [-0.1, -0.05) is 23.2 Å². The molecule has 0 aliphatic carbocycles. The van der Waals surface area contributed by atoms with Crippen LogP contribution in [-0.2, 0) is 4.74 Å². The summed E-state index contributed by atoms with van der Waals surface area (Å²) in [4.78, 5) is 11.8. The first kappa shape index (κ1) is 15.1. The summed E-state index contributed by atoms with van der Waals surface area (Å²) in [5.74, 6) is -0.947. The molecule has 0 spiro atoms. The number of aromatic amines is 1. The number of aromatic nitrogens is 3. The van der Waals surface area contributed by atoms with Gasteiger partial charge in [0.15, 0.2) is 5.69 Å². The van der Waals surface area contributed by atoms with Crippen molar-refractivity contribution in [2.24, 2.45) is 0 Å². The number of hydrogen-bond donors (Lipinski definition) is 2. The lowest BCUT2D eigenvalue weighted by atomic mass is 10.1. The van der Waals surface area contributed by atoms with Crippen molar-refractivity contribution in [1.29, 1.82) is 0 Å². The Hall–Kier alpha value is -1.31. The average molecular weight is 381 g/mol. The van der Waals surface area contributed by atoms with Gasteiger partial charge in [0, 0.05) is 10.0 Å². The predicted molar refractivity (Wildman–Crippen MR) is 77.2 cm³/mol. The maximum absolute atomic E-state index is 11.8. The number of phenolic OH excluding ortho intramolecular Hbond substituents is 1. The summed E-state index contributed by atoms with van der Waals surface area (Å²) in [5, 5.41) is 20.0. The number of aromatic hydroxyl groups is 1. The van der Waals surface area contributed by atoms with E-state index in [1.54, 1.807) is 6.92 Å². The minimum atomic E-state index is -0.655. The number of rotatable bonds is 3. The lowest BCUT2D eigenvalue weighted by molar-refractivity contribution is 0.0520. The lowest BCUT2D eigenvalue weighted by Crippen LogP contribution is -2.06. The van der Waals surface area contributed by atoms with E-state index in [9.17, 15) is 9.90 Å². The molecule has 0 fully saturated rings. The van der Waals surface area contributed by atoms with Crippen LogP contribution in [0.15, 0.2) is 10.5 Å². The summed E-state index contributed by atoms with van der Waals surface area (Å²) < 4.78 is 5.31. The monoisotopic (exact) mass is 379 g/mol. The Labute approximate surface area is 132 Å². The zero-order valence-electron chi connectivity index (χ0n) is 10.1. The van der Waals surface area contributed by atoms with E-state index >= 15 is 0 Å². The molecule has 2 rings (SSSR count). The van der Waals surface area contributed by atoms with Gasteiger partial charge in [0.25, 0.3) is 0 Å². The third-order valence-electron chi connectivity index (χ3n) is 2.41. The Morgan fingerprint density at radius 2 is 2.15 bits per heavy atom. The van der Waals surface area contributed by atoms with Crippen LogP contribution in [0.4, 0.5) is 0 Å². The molecule has 9 heteroatoms. The van der Waals surface area contributed by atoms with Crippen LogP contribution in [0.1, 0.15) is 17.4 Å². The lowest BCUT2D eigenvalue weighted by Gasteiger charge is -2.08. The molecule has 0 saturated carbocycles. The maximum atomic E-state index is 11.8. The molecule has 2 N–H and O–H groups in total. The van der Waals surface area contributed by atoms with Crippen LogP contribution in [-0.4, -0.2) is 33.1 Å². The third-order valence-corrected chi connectivity index (χ3v) is 4.12. The van der Waals surface area contributed by atoms with E-state index in [4.69, 9.17) is 27.9 Å². The first-order valence-corrected chi connectivity index (χ1v) is 6.97.